The largest absolute Gasteiger partial charge is 0.465 e. The van der Waals surface area contributed by atoms with Crippen molar-refractivity contribution in [3.63, 3.8) is 0 Å². The fraction of sp³-hybridized carbons (Fsp3) is 0.429. The SMILES string of the molecule is O=C(O)NCC(=O)N1CC=CC1. The normalized spacial score (nSPS) is 14.8. The lowest BCUT2D eigenvalue weighted by molar-refractivity contribution is -0.128. The second-order valence-electron chi connectivity index (χ2n) is 2.43. The van der Waals surface area contributed by atoms with Crippen molar-refractivity contribution in [2.24, 2.45) is 0 Å². The number of carboxylic acid groups (broad SMARTS) is 1. The van der Waals surface area contributed by atoms with E-state index < -0.39 is 6.09 Å². The number of rotatable bonds is 2. The maximum Gasteiger partial charge on any atom is 0.405 e. The summed E-state index contributed by atoms with van der Waals surface area (Å²) in [5, 5.41) is 10.2. The molecule has 2 amide bonds. The number of hydrogen-bond donors (Lipinski definition) is 2. The molecule has 0 saturated carbocycles. The van der Waals surface area contributed by atoms with Gasteiger partial charge in [0.2, 0.25) is 5.91 Å². The zero-order valence-electron chi connectivity index (χ0n) is 6.49. The topological polar surface area (TPSA) is 69.6 Å². The van der Waals surface area contributed by atoms with E-state index in [1.54, 1.807) is 4.90 Å². The van der Waals surface area contributed by atoms with Gasteiger partial charge in [-0.3, -0.25) is 4.79 Å². The summed E-state index contributed by atoms with van der Waals surface area (Å²) in [4.78, 5) is 22.7. The molecular weight excluding hydrogens is 160 g/mol. The molecule has 12 heavy (non-hydrogen) atoms. The number of carbonyl (C=O) groups excluding carboxylic acids is 1. The van der Waals surface area contributed by atoms with E-state index >= 15 is 0 Å². The Hall–Kier alpha value is -1.52. The number of nitrogens with one attached hydrogen (secondary N) is 1. The zero-order chi connectivity index (χ0) is 8.97. The predicted octanol–water partition coefficient (Wildman–Crippen LogP) is -0.348. The van der Waals surface area contributed by atoms with Crippen molar-refractivity contribution < 1.29 is 14.7 Å². The monoisotopic (exact) mass is 170 g/mol. The van der Waals surface area contributed by atoms with E-state index in [9.17, 15) is 9.59 Å². The second-order valence-corrected chi connectivity index (χ2v) is 2.43. The van der Waals surface area contributed by atoms with Crippen LogP contribution in [0.15, 0.2) is 12.2 Å². The fourth-order valence-corrected chi connectivity index (χ4v) is 0.945. The van der Waals surface area contributed by atoms with Crippen molar-refractivity contribution in [3.8, 4) is 0 Å². The van der Waals surface area contributed by atoms with Crippen LogP contribution in [0.2, 0.25) is 0 Å². The third-order valence-corrected chi connectivity index (χ3v) is 1.56. The van der Waals surface area contributed by atoms with Gasteiger partial charge in [0.1, 0.15) is 6.54 Å². The molecule has 0 unspecified atom stereocenters. The lowest BCUT2D eigenvalue weighted by Crippen LogP contribution is -2.38. The fourth-order valence-electron chi connectivity index (χ4n) is 0.945. The van der Waals surface area contributed by atoms with Crippen molar-refractivity contribution in [1.29, 1.82) is 0 Å². The van der Waals surface area contributed by atoms with Crippen molar-refractivity contribution in [1.82, 2.24) is 10.2 Å². The van der Waals surface area contributed by atoms with Crippen molar-refractivity contribution in [2.75, 3.05) is 19.6 Å². The first-order valence-electron chi connectivity index (χ1n) is 3.59. The summed E-state index contributed by atoms with van der Waals surface area (Å²) in [5.74, 6) is -0.192. The van der Waals surface area contributed by atoms with E-state index in [2.05, 4.69) is 0 Å². The highest BCUT2D eigenvalue weighted by Crippen LogP contribution is 1.97. The van der Waals surface area contributed by atoms with Crippen molar-refractivity contribution >= 4 is 12.0 Å². The van der Waals surface area contributed by atoms with Crippen LogP contribution in [0.1, 0.15) is 0 Å². The van der Waals surface area contributed by atoms with Crippen LogP contribution < -0.4 is 5.32 Å². The molecule has 5 heteroatoms. The van der Waals surface area contributed by atoms with Gasteiger partial charge in [0.05, 0.1) is 0 Å². The maximum atomic E-state index is 11.1. The van der Waals surface area contributed by atoms with E-state index in [0.717, 1.165) is 0 Å². The van der Waals surface area contributed by atoms with Gasteiger partial charge in [-0.25, -0.2) is 4.79 Å². The minimum absolute atomic E-state index is 0.142. The third-order valence-electron chi connectivity index (χ3n) is 1.56. The molecule has 1 aliphatic heterocycles. The van der Waals surface area contributed by atoms with Crippen LogP contribution in [-0.4, -0.2) is 41.6 Å². The van der Waals surface area contributed by atoms with E-state index in [0.29, 0.717) is 13.1 Å². The first kappa shape index (κ1) is 8.58. The molecule has 0 aliphatic carbocycles. The molecule has 0 atom stereocenters. The molecule has 5 nitrogen and oxygen atoms in total. The molecule has 1 heterocycles. The van der Waals surface area contributed by atoms with Gasteiger partial charge in [-0.2, -0.15) is 0 Å². The highest BCUT2D eigenvalue weighted by atomic mass is 16.4. The quantitative estimate of drug-likeness (QED) is 0.556. The zero-order valence-corrected chi connectivity index (χ0v) is 6.49. The van der Waals surface area contributed by atoms with Gasteiger partial charge in [-0.15, -0.1) is 0 Å². The Kier molecular flexibility index (Phi) is 2.68. The van der Waals surface area contributed by atoms with Crippen LogP contribution in [-0.2, 0) is 4.79 Å². The number of amides is 2. The number of carbonyl (C=O) groups is 2. The second kappa shape index (κ2) is 3.75. The molecule has 1 rings (SSSR count). The smallest absolute Gasteiger partial charge is 0.405 e. The third kappa shape index (κ3) is 2.26. The maximum absolute atomic E-state index is 11.1. The van der Waals surface area contributed by atoms with Gasteiger partial charge in [0.25, 0.3) is 0 Å². The van der Waals surface area contributed by atoms with Crippen LogP contribution >= 0.6 is 0 Å². The Bertz CT molecular complexity index is 217. The highest BCUT2D eigenvalue weighted by Gasteiger charge is 2.13. The predicted molar refractivity (Wildman–Crippen MR) is 41.7 cm³/mol. The lowest BCUT2D eigenvalue weighted by atomic mass is 10.5. The molecular formula is C7H10N2O3. The summed E-state index contributed by atoms with van der Waals surface area (Å²) in [5.41, 5.74) is 0. The Balaban J connectivity index is 2.24. The molecule has 66 valence electrons. The van der Waals surface area contributed by atoms with Gasteiger partial charge in [0.15, 0.2) is 0 Å². The molecule has 0 fully saturated rings. The average Bonchev–Trinajstić information content (AvgIpc) is 2.51. The Labute approximate surface area is 69.7 Å². The number of hydrogen-bond acceptors (Lipinski definition) is 2. The first-order valence-corrected chi connectivity index (χ1v) is 3.59. The van der Waals surface area contributed by atoms with Crippen LogP contribution in [0.5, 0.6) is 0 Å². The van der Waals surface area contributed by atoms with E-state index in [1.165, 1.54) is 0 Å². The van der Waals surface area contributed by atoms with Crippen LogP contribution in [0.4, 0.5) is 4.79 Å². The van der Waals surface area contributed by atoms with Gasteiger partial charge in [0, 0.05) is 13.1 Å². The van der Waals surface area contributed by atoms with Crippen molar-refractivity contribution in [3.05, 3.63) is 12.2 Å². The van der Waals surface area contributed by atoms with Gasteiger partial charge >= 0.3 is 6.09 Å². The summed E-state index contributed by atoms with van der Waals surface area (Å²) in [6.45, 7) is 1.03. The average molecular weight is 170 g/mol. The summed E-state index contributed by atoms with van der Waals surface area (Å²) >= 11 is 0. The van der Waals surface area contributed by atoms with E-state index in [4.69, 9.17) is 5.11 Å². The minimum Gasteiger partial charge on any atom is -0.465 e. The van der Waals surface area contributed by atoms with E-state index in [1.807, 2.05) is 17.5 Å². The van der Waals surface area contributed by atoms with E-state index in [-0.39, 0.29) is 12.5 Å². The Morgan fingerprint density at radius 2 is 2.00 bits per heavy atom. The molecule has 0 saturated heterocycles. The molecule has 0 aromatic heterocycles. The molecule has 2 N–H and O–H groups in total. The Morgan fingerprint density at radius 3 is 2.50 bits per heavy atom. The molecule has 0 radical (unpaired) electrons. The molecule has 0 aromatic rings. The van der Waals surface area contributed by atoms with Crippen molar-refractivity contribution in [2.45, 2.75) is 0 Å². The standard InChI is InChI=1S/C7H10N2O3/c10-6(5-8-7(11)12)9-3-1-2-4-9/h1-2,8H,3-5H2,(H,11,12). The summed E-state index contributed by atoms with van der Waals surface area (Å²) in [6, 6.07) is 0. The number of nitrogens with zero attached hydrogens (tertiary/aromatic N) is 1. The van der Waals surface area contributed by atoms with Crippen LogP contribution in [0.25, 0.3) is 0 Å². The van der Waals surface area contributed by atoms with Gasteiger partial charge < -0.3 is 15.3 Å². The Morgan fingerprint density at radius 1 is 1.42 bits per heavy atom. The van der Waals surface area contributed by atoms with Crippen LogP contribution in [0.3, 0.4) is 0 Å². The molecule has 0 aromatic carbocycles. The van der Waals surface area contributed by atoms with Crippen LogP contribution in [0, 0.1) is 0 Å². The summed E-state index contributed by atoms with van der Waals surface area (Å²) in [6.07, 6.45) is 2.58. The summed E-state index contributed by atoms with van der Waals surface area (Å²) < 4.78 is 0. The first-order chi connectivity index (χ1) is 5.70. The highest BCUT2D eigenvalue weighted by molar-refractivity contribution is 5.82. The molecule has 1 aliphatic rings. The van der Waals surface area contributed by atoms with Gasteiger partial charge in [-0.1, -0.05) is 12.2 Å². The minimum atomic E-state index is -1.17. The van der Waals surface area contributed by atoms with Gasteiger partial charge in [-0.05, 0) is 0 Å². The lowest BCUT2D eigenvalue weighted by Gasteiger charge is -2.14. The summed E-state index contributed by atoms with van der Waals surface area (Å²) in [7, 11) is 0. The molecule has 0 spiro atoms. The molecule has 0 bridgehead atoms.